The Balaban J connectivity index is 1.65. The topological polar surface area (TPSA) is 40.2 Å². The summed E-state index contributed by atoms with van der Waals surface area (Å²) in [5, 5.41) is 7.17. The Hall–Kier alpha value is -1.24. The molecule has 1 saturated carbocycles. The molecule has 2 heterocycles. The molecule has 0 amide bonds. The van der Waals surface area contributed by atoms with E-state index in [9.17, 15) is 0 Å². The normalized spacial score (nSPS) is 30.1. The van der Waals surface area contributed by atoms with E-state index in [1.54, 1.807) is 11.3 Å². The smallest absolute Gasteiger partial charge is 0.207 e. The van der Waals surface area contributed by atoms with Gasteiger partial charge in [0.1, 0.15) is 5.66 Å². The fourth-order valence-electron chi connectivity index (χ4n) is 4.40. The molecule has 0 bridgehead atoms. The van der Waals surface area contributed by atoms with Crippen molar-refractivity contribution in [3.05, 3.63) is 24.3 Å². The van der Waals surface area contributed by atoms with E-state index in [0.717, 1.165) is 28.6 Å². The molecule has 2 atom stereocenters. The van der Waals surface area contributed by atoms with E-state index >= 15 is 0 Å². The first-order valence-electron chi connectivity index (χ1n) is 8.12. The van der Waals surface area contributed by atoms with E-state index in [2.05, 4.69) is 37.6 Å². The Labute approximate surface area is 146 Å². The number of hydrogen-bond donors (Lipinski definition) is 2. The lowest BCUT2D eigenvalue weighted by Crippen LogP contribution is -2.57. The maximum atomic E-state index is 5.61. The minimum Gasteiger partial charge on any atom is -0.342 e. The van der Waals surface area contributed by atoms with Gasteiger partial charge in [-0.05, 0) is 54.9 Å². The van der Waals surface area contributed by atoms with E-state index < -0.39 is 0 Å². The van der Waals surface area contributed by atoms with Gasteiger partial charge in [-0.1, -0.05) is 44.2 Å². The Morgan fingerprint density at radius 2 is 2.09 bits per heavy atom. The SMILES string of the molecule is CC1CC(C)(C)CC2(C1)NC(=S)N(c1nc3ccccc3s1)N2. The third-order valence-corrected chi connectivity index (χ3v) is 6.03. The van der Waals surface area contributed by atoms with Crippen LogP contribution in [0.4, 0.5) is 5.13 Å². The maximum Gasteiger partial charge on any atom is 0.207 e. The number of thiazole rings is 1. The van der Waals surface area contributed by atoms with Crippen molar-refractivity contribution in [3.63, 3.8) is 0 Å². The minimum absolute atomic E-state index is 0.143. The number of nitrogens with one attached hydrogen (secondary N) is 2. The van der Waals surface area contributed by atoms with Gasteiger partial charge in [-0.15, -0.1) is 0 Å². The molecule has 1 saturated heterocycles. The average molecular weight is 347 g/mol. The van der Waals surface area contributed by atoms with Crippen LogP contribution in [0, 0.1) is 11.3 Å². The van der Waals surface area contributed by atoms with E-state index in [1.807, 2.05) is 23.2 Å². The number of fused-ring (bicyclic) bond motifs is 1. The van der Waals surface area contributed by atoms with Crippen LogP contribution in [-0.2, 0) is 0 Å². The van der Waals surface area contributed by atoms with Gasteiger partial charge in [0.15, 0.2) is 5.11 Å². The monoisotopic (exact) mass is 346 g/mol. The second kappa shape index (κ2) is 5.13. The van der Waals surface area contributed by atoms with Crippen molar-refractivity contribution in [1.82, 2.24) is 15.7 Å². The molecule has 1 aliphatic heterocycles. The van der Waals surface area contributed by atoms with Gasteiger partial charge in [0.25, 0.3) is 0 Å². The van der Waals surface area contributed by atoms with E-state index in [4.69, 9.17) is 17.2 Å². The molecule has 2 aliphatic rings. The van der Waals surface area contributed by atoms with Crippen LogP contribution in [0.15, 0.2) is 24.3 Å². The third-order valence-electron chi connectivity index (χ3n) is 4.73. The molecule has 4 nitrogen and oxygen atoms in total. The maximum absolute atomic E-state index is 5.61. The van der Waals surface area contributed by atoms with Crippen molar-refractivity contribution in [3.8, 4) is 0 Å². The molecule has 1 spiro atoms. The van der Waals surface area contributed by atoms with Crippen molar-refractivity contribution in [1.29, 1.82) is 0 Å². The molecule has 2 N–H and O–H groups in total. The number of para-hydroxylation sites is 1. The molecule has 4 rings (SSSR count). The molecule has 122 valence electrons. The number of thiocarbonyl (C=S) groups is 1. The van der Waals surface area contributed by atoms with Gasteiger partial charge < -0.3 is 5.32 Å². The van der Waals surface area contributed by atoms with E-state index in [0.29, 0.717) is 11.3 Å². The molecule has 1 aromatic carbocycles. The first-order chi connectivity index (χ1) is 10.9. The van der Waals surface area contributed by atoms with E-state index in [1.165, 1.54) is 11.1 Å². The molecule has 23 heavy (non-hydrogen) atoms. The summed E-state index contributed by atoms with van der Waals surface area (Å²) < 4.78 is 1.19. The van der Waals surface area contributed by atoms with Crippen molar-refractivity contribution in [2.45, 2.75) is 45.7 Å². The Morgan fingerprint density at radius 1 is 1.30 bits per heavy atom. The van der Waals surface area contributed by atoms with Crippen LogP contribution < -0.4 is 15.8 Å². The Morgan fingerprint density at radius 3 is 2.83 bits per heavy atom. The van der Waals surface area contributed by atoms with Crippen molar-refractivity contribution in [2.24, 2.45) is 11.3 Å². The van der Waals surface area contributed by atoms with Gasteiger partial charge in [0.05, 0.1) is 10.2 Å². The number of benzene rings is 1. The van der Waals surface area contributed by atoms with Crippen molar-refractivity contribution in [2.75, 3.05) is 5.01 Å². The fourth-order valence-corrected chi connectivity index (χ4v) is 5.71. The largest absolute Gasteiger partial charge is 0.342 e. The molecular formula is C17H22N4S2. The van der Waals surface area contributed by atoms with Crippen LogP contribution in [0.3, 0.4) is 0 Å². The molecular weight excluding hydrogens is 324 g/mol. The lowest BCUT2D eigenvalue weighted by Gasteiger charge is -2.45. The van der Waals surface area contributed by atoms with Crippen molar-refractivity contribution < 1.29 is 0 Å². The summed E-state index contributed by atoms with van der Waals surface area (Å²) in [5.74, 6) is 0.664. The standard InChI is InChI=1S/C17H22N4S2/c1-11-8-16(2,3)10-17(9-11)19-14(22)21(20-17)15-18-12-6-4-5-7-13(12)23-15/h4-7,11,20H,8-10H2,1-3H3,(H,19,22). The van der Waals surface area contributed by atoms with Crippen molar-refractivity contribution >= 4 is 44.0 Å². The van der Waals surface area contributed by atoms with Crippen LogP contribution in [0.5, 0.6) is 0 Å². The molecule has 2 aromatic rings. The minimum atomic E-state index is -0.143. The molecule has 2 unspecified atom stereocenters. The average Bonchev–Trinajstić information content (AvgIpc) is 2.97. The predicted molar refractivity (Wildman–Crippen MR) is 100 cm³/mol. The number of hydrazine groups is 1. The zero-order valence-corrected chi connectivity index (χ0v) is 15.4. The van der Waals surface area contributed by atoms with Crippen LogP contribution in [0.25, 0.3) is 10.2 Å². The lowest BCUT2D eigenvalue weighted by atomic mass is 9.68. The number of hydrogen-bond acceptors (Lipinski definition) is 4. The predicted octanol–water partition coefficient (Wildman–Crippen LogP) is 4.04. The highest BCUT2D eigenvalue weighted by molar-refractivity contribution is 7.80. The molecule has 0 radical (unpaired) electrons. The molecule has 1 aliphatic carbocycles. The summed E-state index contributed by atoms with van der Waals surface area (Å²) in [5.41, 5.74) is 4.83. The Kier molecular flexibility index (Phi) is 3.41. The van der Waals surface area contributed by atoms with Gasteiger partial charge in [-0.2, -0.15) is 0 Å². The quantitative estimate of drug-likeness (QED) is 0.763. The molecule has 2 fully saturated rings. The zero-order valence-electron chi connectivity index (χ0n) is 13.7. The number of rotatable bonds is 1. The molecule has 1 aromatic heterocycles. The van der Waals surface area contributed by atoms with Gasteiger partial charge in [-0.25, -0.2) is 15.4 Å². The van der Waals surface area contributed by atoms with Crippen LogP contribution >= 0.6 is 23.6 Å². The molecule has 6 heteroatoms. The Bertz CT molecular complexity index is 736. The number of aromatic nitrogens is 1. The lowest BCUT2D eigenvalue weighted by molar-refractivity contribution is 0.0828. The van der Waals surface area contributed by atoms with Gasteiger partial charge in [0, 0.05) is 0 Å². The highest BCUT2D eigenvalue weighted by Crippen LogP contribution is 2.44. The highest BCUT2D eigenvalue weighted by Gasteiger charge is 2.49. The summed E-state index contributed by atoms with van der Waals surface area (Å²) in [6, 6.07) is 8.21. The summed E-state index contributed by atoms with van der Waals surface area (Å²) in [4.78, 5) is 4.73. The number of nitrogens with zero attached hydrogens (tertiary/aromatic N) is 2. The summed E-state index contributed by atoms with van der Waals surface area (Å²) in [7, 11) is 0. The fraction of sp³-hybridized carbons (Fsp3) is 0.529. The summed E-state index contributed by atoms with van der Waals surface area (Å²) in [6.07, 6.45) is 3.40. The van der Waals surface area contributed by atoms with Gasteiger partial charge in [-0.3, -0.25) is 0 Å². The van der Waals surface area contributed by atoms with Crippen LogP contribution in [0.2, 0.25) is 0 Å². The van der Waals surface area contributed by atoms with Crippen LogP contribution in [0.1, 0.15) is 40.0 Å². The van der Waals surface area contributed by atoms with Gasteiger partial charge >= 0.3 is 0 Å². The number of anilines is 1. The van der Waals surface area contributed by atoms with E-state index in [-0.39, 0.29) is 5.66 Å². The first-order valence-corrected chi connectivity index (χ1v) is 9.34. The zero-order chi connectivity index (χ0) is 16.2. The summed E-state index contributed by atoms with van der Waals surface area (Å²) in [6.45, 7) is 7.02. The summed E-state index contributed by atoms with van der Waals surface area (Å²) >= 11 is 7.28. The third kappa shape index (κ3) is 2.73. The highest BCUT2D eigenvalue weighted by atomic mass is 32.1. The van der Waals surface area contributed by atoms with Gasteiger partial charge in [0.2, 0.25) is 5.13 Å². The second-order valence-corrected chi connectivity index (χ2v) is 9.17. The van der Waals surface area contributed by atoms with Crippen LogP contribution in [-0.4, -0.2) is 15.8 Å². The second-order valence-electron chi connectivity index (χ2n) is 7.78. The first kappa shape index (κ1) is 15.3.